The van der Waals surface area contributed by atoms with Crippen LogP contribution in [-0.4, -0.2) is 30.9 Å². The minimum Gasteiger partial charge on any atom is -1.00 e. The molecule has 0 radical (unpaired) electrons. The van der Waals surface area contributed by atoms with E-state index in [-0.39, 0.29) is 18.5 Å². The third kappa shape index (κ3) is 4.53. The average molecular weight is 315 g/mol. The molecule has 1 unspecified atom stereocenters. The summed E-state index contributed by atoms with van der Waals surface area (Å²) in [6.07, 6.45) is -0.343. The van der Waals surface area contributed by atoms with E-state index in [4.69, 9.17) is 21.4 Å². The molecule has 0 aromatic heterocycles. The Bertz CT molecular complexity index is 546. The summed E-state index contributed by atoms with van der Waals surface area (Å²) < 4.78 is 5.65. The van der Waals surface area contributed by atoms with Crippen LogP contribution in [0, 0.1) is 0 Å². The number of fused-ring (bicyclic) bond motifs is 1. The van der Waals surface area contributed by atoms with Crippen LogP contribution >= 0.6 is 11.6 Å². The van der Waals surface area contributed by atoms with Crippen LogP contribution in [0.4, 0.5) is 0 Å². The minimum atomic E-state index is -0.343. The highest BCUT2D eigenvalue weighted by molar-refractivity contribution is 6.37. The van der Waals surface area contributed by atoms with Crippen molar-refractivity contribution in [2.75, 3.05) is 19.7 Å². The molecule has 2 aromatic rings. The van der Waals surface area contributed by atoms with E-state index < -0.39 is 0 Å². The third-order valence-corrected chi connectivity index (χ3v) is 3.19. The Hall–Kier alpha value is -1.000. The number of aliphatic hydroxyl groups excluding tert-OH is 1. The van der Waals surface area contributed by atoms with Crippen LogP contribution in [0.3, 0.4) is 0 Å². The summed E-state index contributed by atoms with van der Waals surface area (Å²) in [7, 11) is 0. The molecule has 0 amide bonds. The summed E-state index contributed by atoms with van der Waals surface area (Å²) >= 11 is 6.32. The molecular formula is C15H18Cl2NO2-. The summed E-state index contributed by atoms with van der Waals surface area (Å²) in [6.45, 7) is 3.50. The van der Waals surface area contributed by atoms with Crippen LogP contribution in [0.25, 0.3) is 10.8 Å². The largest absolute Gasteiger partial charge is 1.00 e. The van der Waals surface area contributed by atoms with Crippen molar-refractivity contribution >= 4 is 22.4 Å². The molecule has 2 N–H and O–H groups in total. The third-order valence-electron chi connectivity index (χ3n) is 2.80. The average Bonchev–Trinajstić information content (AvgIpc) is 2.41. The van der Waals surface area contributed by atoms with Gasteiger partial charge in [-0.2, -0.15) is 0 Å². The van der Waals surface area contributed by atoms with Crippen molar-refractivity contribution in [2.45, 2.75) is 13.0 Å². The van der Waals surface area contributed by atoms with Crippen LogP contribution in [0.5, 0.6) is 5.75 Å². The number of ether oxygens (including phenoxy) is 1. The van der Waals surface area contributed by atoms with Gasteiger partial charge < -0.3 is 27.6 Å². The Kier molecular flexibility index (Phi) is 7.10. The van der Waals surface area contributed by atoms with Crippen LogP contribution in [0.2, 0.25) is 5.02 Å². The van der Waals surface area contributed by atoms with Crippen molar-refractivity contribution in [1.82, 2.24) is 5.32 Å². The summed E-state index contributed by atoms with van der Waals surface area (Å²) in [5, 5.41) is 14.9. The van der Waals surface area contributed by atoms with Gasteiger partial charge in [0.2, 0.25) is 0 Å². The van der Waals surface area contributed by atoms with Gasteiger partial charge >= 0.3 is 0 Å². The summed E-state index contributed by atoms with van der Waals surface area (Å²) in [6, 6.07) is 11.8. The first-order chi connectivity index (χ1) is 9.18. The van der Waals surface area contributed by atoms with Gasteiger partial charge in [-0.15, -0.1) is 0 Å². The number of halogens is 2. The van der Waals surface area contributed by atoms with Gasteiger partial charge in [0.1, 0.15) is 12.4 Å². The Morgan fingerprint density at radius 3 is 2.75 bits per heavy atom. The van der Waals surface area contributed by atoms with Crippen LogP contribution in [0.1, 0.15) is 6.92 Å². The van der Waals surface area contributed by atoms with E-state index in [1.54, 1.807) is 6.92 Å². The fourth-order valence-corrected chi connectivity index (χ4v) is 2.16. The molecule has 1 atom stereocenters. The fraction of sp³-hybridized carbons (Fsp3) is 0.333. The number of nitrogens with one attached hydrogen (secondary N) is 1. The Morgan fingerprint density at radius 1 is 1.25 bits per heavy atom. The molecule has 5 heteroatoms. The van der Waals surface area contributed by atoms with Crippen molar-refractivity contribution in [3.63, 3.8) is 0 Å². The summed E-state index contributed by atoms with van der Waals surface area (Å²) in [5.74, 6) is 0.694. The van der Waals surface area contributed by atoms with Gasteiger partial charge in [0.15, 0.2) is 0 Å². The molecular weight excluding hydrogens is 297 g/mol. The number of rotatable bonds is 6. The first-order valence-corrected chi connectivity index (χ1v) is 6.75. The van der Waals surface area contributed by atoms with E-state index in [2.05, 4.69) is 5.32 Å². The van der Waals surface area contributed by atoms with E-state index in [0.717, 1.165) is 10.8 Å². The quantitative estimate of drug-likeness (QED) is 0.729. The summed E-state index contributed by atoms with van der Waals surface area (Å²) in [4.78, 5) is 0. The van der Waals surface area contributed by atoms with Crippen molar-refractivity contribution in [2.24, 2.45) is 0 Å². The van der Waals surface area contributed by atoms with E-state index >= 15 is 0 Å². The number of hydrogen-bond acceptors (Lipinski definition) is 3. The van der Waals surface area contributed by atoms with Gasteiger partial charge in [-0.1, -0.05) is 41.9 Å². The molecule has 110 valence electrons. The first kappa shape index (κ1) is 17.1. The topological polar surface area (TPSA) is 41.5 Å². The molecule has 0 bridgehead atoms. The van der Waals surface area contributed by atoms with Crippen molar-refractivity contribution in [3.8, 4) is 5.75 Å². The van der Waals surface area contributed by atoms with Crippen LogP contribution in [0.15, 0.2) is 36.4 Å². The molecule has 0 spiro atoms. The van der Waals surface area contributed by atoms with Crippen molar-refractivity contribution in [3.05, 3.63) is 41.4 Å². The minimum absolute atomic E-state index is 0. The SMILES string of the molecule is CC(O)CNCCOc1ccc2ccccc2c1Cl.[Cl-]. The maximum absolute atomic E-state index is 9.11. The maximum atomic E-state index is 9.11. The van der Waals surface area contributed by atoms with Gasteiger partial charge in [-0.05, 0) is 18.4 Å². The van der Waals surface area contributed by atoms with Gasteiger partial charge in [0.25, 0.3) is 0 Å². The molecule has 0 saturated carbocycles. The molecule has 0 aliphatic rings. The lowest BCUT2D eigenvalue weighted by atomic mass is 10.1. The Balaban J connectivity index is 0.00000200. The van der Waals surface area contributed by atoms with Crippen molar-refractivity contribution < 1.29 is 22.3 Å². The molecule has 0 aliphatic heterocycles. The molecule has 0 fully saturated rings. The molecule has 0 saturated heterocycles. The Morgan fingerprint density at radius 2 is 2.00 bits per heavy atom. The number of benzene rings is 2. The highest BCUT2D eigenvalue weighted by atomic mass is 35.5. The van der Waals surface area contributed by atoms with E-state index in [9.17, 15) is 0 Å². The van der Waals surface area contributed by atoms with Crippen LogP contribution in [-0.2, 0) is 0 Å². The van der Waals surface area contributed by atoms with Crippen LogP contribution < -0.4 is 22.5 Å². The second kappa shape index (κ2) is 8.32. The maximum Gasteiger partial charge on any atom is 0.138 e. The molecule has 20 heavy (non-hydrogen) atoms. The van der Waals surface area contributed by atoms with Gasteiger partial charge in [-0.25, -0.2) is 0 Å². The first-order valence-electron chi connectivity index (χ1n) is 6.37. The smallest absolute Gasteiger partial charge is 0.138 e. The van der Waals surface area contributed by atoms with Gasteiger partial charge in [0.05, 0.1) is 11.1 Å². The lowest BCUT2D eigenvalue weighted by molar-refractivity contribution is -0.00000644. The predicted molar refractivity (Wildman–Crippen MR) is 79.0 cm³/mol. The number of hydrogen-bond donors (Lipinski definition) is 2. The molecule has 2 rings (SSSR count). The second-order valence-electron chi connectivity index (χ2n) is 4.50. The normalized spacial score (nSPS) is 11.9. The predicted octanol–water partition coefficient (Wildman–Crippen LogP) is -0.154. The molecule has 0 heterocycles. The second-order valence-corrected chi connectivity index (χ2v) is 4.88. The zero-order valence-corrected chi connectivity index (χ0v) is 12.8. The van der Waals surface area contributed by atoms with Gasteiger partial charge in [-0.3, -0.25) is 0 Å². The zero-order chi connectivity index (χ0) is 13.7. The molecule has 0 aliphatic carbocycles. The van der Waals surface area contributed by atoms with E-state index in [0.29, 0.717) is 30.5 Å². The number of aliphatic hydroxyl groups is 1. The molecule has 3 nitrogen and oxygen atoms in total. The van der Waals surface area contributed by atoms with Gasteiger partial charge in [0, 0.05) is 18.5 Å². The molecule has 2 aromatic carbocycles. The fourth-order valence-electron chi connectivity index (χ4n) is 1.87. The lowest BCUT2D eigenvalue weighted by Gasteiger charge is -2.11. The standard InChI is InChI=1S/C15H18ClNO2.ClH/c1-11(18)10-17-8-9-19-14-7-6-12-4-2-3-5-13(12)15(14)16;/h2-7,11,17-18H,8-10H2,1H3;1H/p-1. The van der Waals surface area contributed by atoms with E-state index in [1.165, 1.54) is 0 Å². The monoisotopic (exact) mass is 314 g/mol. The van der Waals surface area contributed by atoms with E-state index in [1.807, 2.05) is 36.4 Å². The summed E-state index contributed by atoms with van der Waals surface area (Å²) in [5.41, 5.74) is 0. The van der Waals surface area contributed by atoms with Crippen molar-refractivity contribution in [1.29, 1.82) is 0 Å². The highest BCUT2D eigenvalue weighted by Crippen LogP contribution is 2.32. The highest BCUT2D eigenvalue weighted by Gasteiger charge is 2.05. The lowest BCUT2D eigenvalue weighted by Crippen LogP contribution is -3.00. The Labute approximate surface area is 130 Å². The zero-order valence-electron chi connectivity index (χ0n) is 11.3.